The molecule has 0 heterocycles. The van der Waals surface area contributed by atoms with E-state index in [0.717, 1.165) is 0 Å². The molecule has 0 saturated heterocycles. The summed E-state index contributed by atoms with van der Waals surface area (Å²) >= 11 is 0. The molecule has 0 fully saturated rings. The van der Waals surface area contributed by atoms with Gasteiger partial charge in [-0.2, -0.15) is 21.6 Å². The van der Waals surface area contributed by atoms with E-state index in [1.54, 1.807) is 0 Å². The fraction of sp³-hybridized carbons (Fsp3) is 0.857. The maximum Gasteiger partial charge on any atom is 0.523 e. The summed E-state index contributed by atoms with van der Waals surface area (Å²) in [4.78, 5) is 10.4. The Bertz CT molecular complexity index is 394. The molecule has 0 bridgehead atoms. The molecule has 0 amide bonds. The van der Waals surface area contributed by atoms with Crippen molar-refractivity contribution in [1.82, 2.24) is 0 Å². The van der Waals surface area contributed by atoms with Crippen LogP contribution < -0.4 is 0 Å². The summed E-state index contributed by atoms with van der Waals surface area (Å²) in [5.74, 6) is 0. The van der Waals surface area contributed by atoms with Crippen LogP contribution in [0.4, 0.5) is 13.2 Å². The Morgan fingerprint density at radius 2 is 1.63 bits per heavy atom. The van der Waals surface area contributed by atoms with Crippen molar-refractivity contribution < 1.29 is 51.0 Å². The summed E-state index contributed by atoms with van der Waals surface area (Å²) < 4.78 is 60.4. The van der Waals surface area contributed by atoms with Gasteiger partial charge < -0.3 is 25.2 Å². The Hall–Kier alpha value is -0.790. The molecule has 12 heteroatoms. The molecule has 0 saturated carbocycles. The first-order valence-electron chi connectivity index (χ1n) is 4.57. The lowest BCUT2D eigenvalue weighted by molar-refractivity contribution is -0.135. The number of hydrogen-bond donors (Lipinski definition) is 4. The van der Waals surface area contributed by atoms with E-state index in [9.17, 15) is 31.5 Å². The SMILES string of the molecule is O=C[C@H](OS(=O)(=O)C(F)(F)F)[C@@H](O)[C@H](O)[C@H](O)CO. The summed E-state index contributed by atoms with van der Waals surface area (Å²) in [5.41, 5.74) is -5.82. The van der Waals surface area contributed by atoms with Gasteiger partial charge in [-0.05, 0) is 0 Å². The molecule has 0 rings (SSSR count). The van der Waals surface area contributed by atoms with Gasteiger partial charge in [0.25, 0.3) is 0 Å². The van der Waals surface area contributed by atoms with Crippen LogP contribution in [0.15, 0.2) is 0 Å². The van der Waals surface area contributed by atoms with Crippen LogP contribution in [0.1, 0.15) is 0 Å². The maximum absolute atomic E-state index is 12.0. The number of halogens is 3. The van der Waals surface area contributed by atoms with E-state index in [0.29, 0.717) is 0 Å². The van der Waals surface area contributed by atoms with Gasteiger partial charge in [0, 0.05) is 0 Å². The van der Waals surface area contributed by atoms with Gasteiger partial charge in [0.05, 0.1) is 6.61 Å². The summed E-state index contributed by atoms with van der Waals surface area (Å²) in [7, 11) is -6.17. The van der Waals surface area contributed by atoms with Crippen LogP contribution in [0.5, 0.6) is 0 Å². The minimum atomic E-state index is -6.17. The fourth-order valence-electron chi connectivity index (χ4n) is 0.891. The average molecular weight is 312 g/mol. The summed E-state index contributed by atoms with van der Waals surface area (Å²) in [6, 6.07) is 0. The number of carbonyl (C=O) groups is 1. The second-order valence-electron chi connectivity index (χ2n) is 3.33. The lowest BCUT2D eigenvalue weighted by Crippen LogP contribution is -2.48. The number of aldehydes is 1. The Kier molecular flexibility index (Phi) is 6.31. The fourth-order valence-corrected chi connectivity index (χ4v) is 1.45. The lowest BCUT2D eigenvalue weighted by atomic mass is 10.0. The van der Waals surface area contributed by atoms with Crippen molar-refractivity contribution in [3.63, 3.8) is 0 Å². The number of hydrogen-bond acceptors (Lipinski definition) is 8. The Morgan fingerprint density at radius 1 is 1.16 bits per heavy atom. The van der Waals surface area contributed by atoms with E-state index in [1.807, 2.05) is 0 Å². The van der Waals surface area contributed by atoms with E-state index in [1.165, 1.54) is 0 Å². The maximum atomic E-state index is 12.0. The van der Waals surface area contributed by atoms with Gasteiger partial charge >= 0.3 is 15.6 Å². The molecule has 19 heavy (non-hydrogen) atoms. The summed E-state index contributed by atoms with van der Waals surface area (Å²) in [6.07, 6.45) is -9.88. The first-order chi connectivity index (χ1) is 8.47. The highest BCUT2D eigenvalue weighted by atomic mass is 32.2. The van der Waals surface area contributed by atoms with Crippen LogP contribution in [0.2, 0.25) is 0 Å². The van der Waals surface area contributed by atoms with Crippen LogP contribution in [0.3, 0.4) is 0 Å². The van der Waals surface area contributed by atoms with Crippen molar-refractivity contribution in [2.24, 2.45) is 0 Å². The van der Waals surface area contributed by atoms with Crippen molar-refractivity contribution in [2.45, 2.75) is 29.9 Å². The molecule has 0 unspecified atom stereocenters. The highest BCUT2D eigenvalue weighted by Crippen LogP contribution is 2.26. The zero-order valence-corrected chi connectivity index (χ0v) is 9.87. The van der Waals surface area contributed by atoms with Crippen LogP contribution in [-0.2, 0) is 19.1 Å². The molecule has 0 aliphatic rings. The van der Waals surface area contributed by atoms with E-state index >= 15 is 0 Å². The van der Waals surface area contributed by atoms with Crippen LogP contribution >= 0.6 is 0 Å². The van der Waals surface area contributed by atoms with E-state index < -0.39 is 52.9 Å². The zero-order valence-electron chi connectivity index (χ0n) is 9.06. The molecule has 114 valence electrons. The largest absolute Gasteiger partial charge is 0.523 e. The van der Waals surface area contributed by atoms with Gasteiger partial charge in [-0.1, -0.05) is 0 Å². The molecule has 0 radical (unpaired) electrons. The summed E-state index contributed by atoms with van der Waals surface area (Å²) in [6.45, 7) is -1.09. The second kappa shape index (κ2) is 6.58. The minimum Gasteiger partial charge on any atom is -0.394 e. The zero-order chi connectivity index (χ0) is 15.4. The molecule has 0 aromatic carbocycles. The van der Waals surface area contributed by atoms with Crippen molar-refractivity contribution >= 4 is 16.4 Å². The highest BCUT2D eigenvalue weighted by molar-refractivity contribution is 7.87. The molecule has 0 aromatic rings. The molecule has 4 N–H and O–H groups in total. The second-order valence-corrected chi connectivity index (χ2v) is 4.89. The van der Waals surface area contributed by atoms with Crippen molar-refractivity contribution in [1.29, 1.82) is 0 Å². The van der Waals surface area contributed by atoms with Gasteiger partial charge in [0.2, 0.25) is 0 Å². The first kappa shape index (κ1) is 18.2. The average Bonchev–Trinajstić information content (AvgIpc) is 2.31. The molecular weight excluding hydrogens is 301 g/mol. The predicted octanol–water partition coefficient (Wildman–Crippen LogP) is -2.50. The minimum absolute atomic E-state index is 0.499. The monoisotopic (exact) mass is 312 g/mol. The lowest BCUT2D eigenvalue weighted by Gasteiger charge is -2.25. The molecule has 8 nitrogen and oxygen atoms in total. The molecule has 0 spiro atoms. The van der Waals surface area contributed by atoms with E-state index in [-0.39, 0.29) is 0 Å². The van der Waals surface area contributed by atoms with E-state index in [4.69, 9.17) is 15.3 Å². The quantitative estimate of drug-likeness (QED) is 0.229. The third-order valence-corrected chi connectivity index (χ3v) is 2.97. The molecule has 0 aliphatic heterocycles. The number of aliphatic hydroxyl groups is 4. The molecule has 0 aromatic heterocycles. The van der Waals surface area contributed by atoms with E-state index in [2.05, 4.69) is 4.18 Å². The molecule has 0 aliphatic carbocycles. The van der Waals surface area contributed by atoms with Crippen LogP contribution in [0, 0.1) is 0 Å². The number of carbonyl (C=O) groups excluding carboxylic acids is 1. The van der Waals surface area contributed by atoms with Crippen LogP contribution in [0.25, 0.3) is 0 Å². The number of rotatable bonds is 7. The smallest absolute Gasteiger partial charge is 0.394 e. The normalized spacial score (nSPS) is 19.5. The van der Waals surface area contributed by atoms with Gasteiger partial charge in [-0.3, -0.25) is 0 Å². The first-order valence-corrected chi connectivity index (χ1v) is 5.98. The van der Waals surface area contributed by atoms with Crippen molar-refractivity contribution in [3.05, 3.63) is 0 Å². The van der Waals surface area contributed by atoms with Crippen molar-refractivity contribution in [2.75, 3.05) is 6.61 Å². The van der Waals surface area contributed by atoms with Gasteiger partial charge in [0.1, 0.15) is 18.3 Å². The summed E-state index contributed by atoms with van der Waals surface area (Å²) in [5, 5.41) is 35.6. The number of alkyl halides is 3. The van der Waals surface area contributed by atoms with Crippen LogP contribution in [-0.4, -0.2) is 71.7 Å². The van der Waals surface area contributed by atoms with Gasteiger partial charge in [-0.15, -0.1) is 0 Å². The standard InChI is InChI=1S/C7H11F3O8S/c8-7(9,10)19(16,17)18-4(2-12)6(15)5(14)3(13)1-11/h2-6,11,13-15H,1H2/t3-,4+,5-,6-/m1/s1. The Morgan fingerprint density at radius 3 is 1.95 bits per heavy atom. The Balaban J connectivity index is 5.01. The molecular formula is C7H11F3O8S. The Labute approximate surface area is 105 Å². The van der Waals surface area contributed by atoms with Gasteiger partial charge in [0.15, 0.2) is 12.4 Å². The topological polar surface area (TPSA) is 141 Å². The number of aliphatic hydroxyl groups excluding tert-OH is 4. The van der Waals surface area contributed by atoms with Gasteiger partial charge in [-0.25, -0.2) is 4.18 Å². The third kappa shape index (κ3) is 4.67. The predicted molar refractivity (Wildman–Crippen MR) is 51.0 cm³/mol. The third-order valence-electron chi connectivity index (χ3n) is 1.92. The molecule has 4 atom stereocenters. The van der Waals surface area contributed by atoms with Crippen molar-refractivity contribution in [3.8, 4) is 0 Å². The highest BCUT2D eigenvalue weighted by Gasteiger charge is 2.50.